The average molecular weight is 418 g/mol. The van der Waals surface area contributed by atoms with Gasteiger partial charge in [0.2, 0.25) is 23.6 Å². The lowest BCUT2D eigenvalue weighted by atomic mass is 10.0. The Kier molecular flexibility index (Phi) is 12.1. The van der Waals surface area contributed by atoms with Gasteiger partial charge in [-0.15, -0.1) is 0 Å². The highest BCUT2D eigenvalue weighted by atomic mass is 32.1. The molecular weight excluding hydrogens is 386 g/mol. The molecule has 0 aromatic carbocycles. The van der Waals surface area contributed by atoms with Crippen LogP contribution in [0.15, 0.2) is 0 Å². The van der Waals surface area contributed by atoms with Crippen molar-refractivity contribution in [2.75, 3.05) is 0 Å². The molecule has 0 aromatic rings. The third-order valence-corrected chi connectivity index (χ3v) is 3.84. The largest absolute Gasteiger partial charge is 0.370 e. The van der Waals surface area contributed by atoms with E-state index in [0.717, 1.165) is 0 Å². The molecule has 0 aromatic heterocycles. The molecule has 1 unspecified atom stereocenters. The van der Waals surface area contributed by atoms with Gasteiger partial charge in [-0.3, -0.25) is 24.5 Å². The zero-order valence-electron chi connectivity index (χ0n) is 16.4. The van der Waals surface area contributed by atoms with Crippen LogP contribution in [0.1, 0.15) is 46.5 Å². The third-order valence-electron chi connectivity index (χ3n) is 3.69. The Bertz CT molecular complexity index is 570. The number of amides is 4. The normalized spacial score (nSPS) is 15.2. The van der Waals surface area contributed by atoms with Gasteiger partial charge in [-0.1, -0.05) is 13.8 Å². The van der Waals surface area contributed by atoms with Gasteiger partial charge in [0, 0.05) is 11.8 Å². The van der Waals surface area contributed by atoms with Crippen molar-refractivity contribution in [3.63, 3.8) is 0 Å². The number of aldehydes is 1. The minimum absolute atomic E-state index is 0.0557. The summed E-state index contributed by atoms with van der Waals surface area (Å²) in [5, 5.41) is 7.39. The maximum atomic E-state index is 12.5. The molecule has 7 N–H and O–H groups in total. The van der Waals surface area contributed by atoms with Crippen LogP contribution < -0.4 is 27.4 Å². The number of carbonyl (C=O) groups is 5. The topological polar surface area (TPSA) is 173 Å². The molecule has 4 amide bonds. The van der Waals surface area contributed by atoms with E-state index in [1.54, 1.807) is 6.92 Å². The monoisotopic (exact) mass is 417 g/mol. The summed E-state index contributed by atoms with van der Waals surface area (Å²) in [6, 6.07) is -2.84. The minimum atomic E-state index is -1.11. The Morgan fingerprint density at radius 1 is 0.964 bits per heavy atom. The summed E-state index contributed by atoms with van der Waals surface area (Å²) in [6.45, 7) is 5.45. The van der Waals surface area contributed by atoms with Gasteiger partial charge in [0.25, 0.3) is 0 Å². The van der Waals surface area contributed by atoms with Crippen LogP contribution in [0.4, 0.5) is 0 Å². The van der Waals surface area contributed by atoms with Gasteiger partial charge in [0.15, 0.2) is 0 Å². The van der Waals surface area contributed by atoms with Crippen molar-refractivity contribution in [3.8, 4) is 0 Å². The molecule has 0 heterocycles. The lowest BCUT2D eigenvalue weighted by molar-refractivity contribution is -0.132. The first-order valence-corrected chi connectivity index (χ1v) is 9.54. The Hall–Kier alpha value is -2.14. The van der Waals surface area contributed by atoms with Crippen LogP contribution in [0.2, 0.25) is 0 Å². The van der Waals surface area contributed by atoms with E-state index in [0.29, 0.717) is 12.7 Å². The summed E-state index contributed by atoms with van der Waals surface area (Å²) in [4.78, 5) is 58.6. The van der Waals surface area contributed by atoms with Gasteiger partial charge in [-0.25, -0.2) is 0 Å². The summed E-state index contributed by atoms with van der Waals surface area (Å²) < 4.78 is 0. The molecule has 11 heteroatoms. The van der Waals surface area contributed by atoms with E-state index in [2.05, 4.69) is 28.6 Å². The number of primary amides is 2. The van der Waals surface area contributed by atoms with Gasteiger partial charge in [0.1, 0.15) is 12.3 Å². The molecule has 0 radical (unpaired) electrons. The quantitative estimate of drug-likeness (QED) is 0.115. The van der Waals surface area contributed by atoms with E-state index in [9.17, 15) is 24.0 Å². The summed E-state index contributed by atoms with van der Waals surface area (Å²) >= 11 is 4.12. The second-order valence-electron chi connectivity index (χ2n) is 7.01. The highest BCUT2D eigenvalue weighted by molar-refractivity contribution is 7.80. The van der Waals surface area contributed by atoms with Gasteiger partial charge < -0.3 is 26.9 Å². The van der Waals surface area contributed by atoms with Crippen molar-refractivity contribution in [2.24, 2.45) is 17.4 Å². The summed E-state index contributed by atoms with van der Waals surface area (Å²) in [7, 11) is 0. The molecule has 160 valence electrons. The maximum Gasteiger partial charge on any atom is 0.243 e. The number of rotatable bonds is 14. The molecule has 28 heavy (non-hydrogen) atoms. The van der Waals surface area contributed by atoms with E-state index >= 15 is 0 Å². The number of carbonyl (C=O) groups excluding carboxylic acids is 5. The second-order valence-corrected chi connectivity index (χ2v) is 7.79. The number of hydrogen-bond acceptors (Lipinski definition) is 7. The first-order valence-electron chi connectivity index (χ1n) is 9.03. The van der Waals surface area contributed by atoms with Crippen LogP contribution in [-0.2, 0) is 24.0 Å². The molecule has 0 spiro atoms. The van der Waals surface area contributed by atoms with Gasteiger partial charge in [-0.2, -0.15) is 12.6 Å². The van der Waals surface area contributed by atoms with E-state index in [4.69, 9.17) is 11.5 Å². The molecule has 0 aliphatic heterocycles. The Morgan fingerprint density at radius 2 is 1.54 bits per heavy atom. The zero-order valence-corrected chi connectivity index (χ0v) is 17.3. The minimum Gasteiger partial charge on any atom is -0.370 e. The number of nitrogens with one attached hydrogen (secondary N) is 3. The highest BCUT2D eigenvalue weighted by Gasteiger charge is 2.28. The summed E-state index contributed by atoms with van der Waals surface area (Å²) in [5.74, 6) is -2.47. The van der Waals surface area contributed by atoms with Gasteiger partial charge in [-0.05, 0) is 25.7 Å². The fraction of sp³-hybridized carbons (Fsp3) is 0.706. The van der Waals surface area contributed by atoms with E-state index in [-0.39, 0.29) is 25.2 Å². The van der Waals surface area contributed by atoms with Crippen molar-refractivity contribution in [1.82, 2.24) is 16.0 Å². The SMILES string of the molecule is CC(C)C[C@@H](C=O)NC(=O)[C@H](CCC(N)=O)NC(=O)[C@H](CC(N)=O)NC(C)S. The second kappa shape index (κ2) is 13.1. The van der Waals surface area contributed by atoms with Crippen molar-refractivity contribution in [2.45, 2.75) is 70.0 Å². The number of nitrogens with two attached hydrogens (primary N) is 2. The zero-order chi connectivity index (χ0) is 21.9. The fourth-order valence-corrected chi connectivity index (χ4v) is 2.67. The van der Waals surface area contributed by atoms with Crippen LogP contribution in [0.25, 0.3) is 0 Å². The van der Waals surface area contributed by atoms with E-state index in [1.807, 2.05) is 13.8 Å². The molecule has 0 aliphatic carbocycles. The molecule has 0 fully saturated rings. The predicted molar refractivity (Wildman–Crippen MR) is 107 cm³/mol. The molecule has 0 saturated carbocycles. The van der Waals surface area contributed by atoms with Crippen molar-refractivity contribution in [3.05, 3.63) is 0 Å². The lowest BCUT2D eigenvalue weighted by Gasteiger charge is -2.24. The molecule has 0 aliphatic rings. The fourth-order valence-electron chi connectivity index (χ4n) is 2.49. The van der Waals surface area contributed by atoms with E-state index < -0.39 is 47.1 Å². The van der Waals surface area contributed by atoms with E-state index in [1.165, 1.54) is 0 Å². The smallest absolute Gasteiger partial charge is 0.243 e. The van der Waals surface area contributed by atoms with Crippen LogP contribution >= 0.6 is 12.6 Å². The van der Waals surface area contributed by atoms with Crippen LogP contribution in [-0.4, -0.2) is 53.4 Å². The standard InChI is InChI=1S/C17H31N5O5S/c1-9(2)6-11(8-23)21-16(26)12(4-5-14(18)24)22-17(27)13(7-15(19)25)20-10(3)28/h8-13,20,28H,4-7H2,1-3H3,(H2,18,24)(H2,19,25)(H,21,26)(H,22,27)/t10?,11-,12-,13-/m0/s1. The Balaban J connectivity index is 5.26. The van der Waals surface area contributed by atoms with Crippen molar-refractivity contribution < 1.29 is 24.0 Å². The van der Waals surface area contributed by atoms with Crippen molar-refractivity contribution >= 4 is 42.5 Å². The predicted octanol–water partition coefficient (Wildman–Crippen LogP) is -1.42. The lowest BCUT2D eigenvalue weighted by Crippen LogP contribution is -2.55. The van der Waals surface area contributed by atoms with Gasteiger partial charge in [0.05, 0.1) is 18.5 Å². The molecule has 4 atom stereocenters. The van der Waals surface area contributed by atoms with Crippen molar-refractivity contribution in [1.29, 1.82) is 0 Å². The molecule has 0 rings (SSSR count). The first kappa shape index (κ1) is 25.9. The molecule has 0 bridgehead atoms. The van der Waals surface area contributed by atoms with Crippen LogP contribution in [0, 0.1) is 5.92 Å². The van der Waals surface area contributed by atoms with Gasteiger partial charge >= 0.3 is 0 Å². The number of hydrogen-bond donors (Lipinski definition) is 6. The molecule has 10 nitrogen and oxygen atoms in total. The maximum absolute atomic E-state index is 12.5. The Morgan fingerprint density at radius 3 is 1.96 bits per heavy atom. The Labute approximate surface area is 170 Å². The average Bonchev–Trinajstić information content (AvgIpc) is 2.55. The van der Waals surface area contributed by atoms with Crippen LogP contribution in [0.5, 0.6) is 0 Å². The highest BCUT2D eigenvalue weighted by Crippen LogP contribution is 2.06. The molecule has 0 saturated heterocycles. The van der Waals surface area contributed by atoms with Crippen LogP contribution in [0.3, 0.4) is 0 Å². The third kappa shape index (κ3) is 11.5. The summed E-state index contributed by atoms with van der Waals surface area (Å²) in [5.41, 5.74) is 10.3. The summed E-state index contributed by atoms with van der Waals surface area (Å²) in [6.07, 6.45) is 0.538. The molecular formula is C17H31N5O5S. The number of thiol groups is 1. The first-order chi connectivity index (χ1) is 13.0.